The van der Waals surface area contributed by atoms with Crippen LogP contribution >= 0.6 is 0 Å². The molecule has 0 aromatic carbocycles. The second-order valence-electron chi connectivity index (χ2n) is 9.75. The van der Waals surface area contributed by atoms with Crippen molar-refractivity contribution >= 4 is 31.6 Å². The number of hydrogen-bond donors (Lipinski definition) is 0. The van der Waals surface area contributed by atoms with E-state index in [-0.39, 0.29) is 17.4 Å². The van der Waals surface area contributed by atoms with E-state index in [4.69, 9.17) is 13.9 Å². The second-order valence-corrected chi connectivity index (χ2v) is 14.6. The Balaban J connectivity index is 2.25. The van der Waals surface area contributed by atoms with E-state index in [2.05, 4.69) is 67.3 Å². The van der Waals surface area contributed by atoms with Gasteiger partial charge >= 0.3 is 0 Å². The smallest absolute Gasteiger partial charge is 0.192 e. The summed E-state index contributed by atoms with van der Waals surface area (Å²) >= 11 is 0. The first-order valence-corrected chi connectivity index (χ1v) is 14.3. The van der Waals surface area contributed by atoms with E-state index in [0.717, 1.165) is 6.42 Å². The van der Waals surface area contributed by atoms with Gasteiger partial charge < -0.3 is 18.8 Å². The lowest BCUT2D eigenvalue weighted by atomic mass is 10.2. The van der Waals surface area contributed by atoms with Gasteiger partial charge in [0.15, 0.2) is 25.3 Å². The van der Waals surface area contributed by atoms with Crippen LogP contribution in [0.1, 0.15) is 40.3 Å². The number of aliphatic imine (C=N–C) groups is 1. The molecule has 2 aromatic rings. The summed E-state index contributed by atoms with van der Waals surface area (Å²) in [5.41, 5.74) is 1.31. The van der Waals surface area contributed by atoms with Crippen molar-refractivity contribution in [3.63, 3.8) is 0 Å². The van der Waals surface area contributed by atoms with Gasteiger partial charge in [0, 0.05) is 14.1 Å². The molecule has 184 valence electrons. The lowest BCUT2D eigenvalue weighted by molar-refractivity contribution is -0.101. The molecule has 2 rings (SSSR count). The second kappa shape index (κ2) is 11.8. The Kier molecular flexibility index (Phi) is 9.71. The van der Waals surface area contributed by atoms with Gasteiger partial charge in [-0.2, -0.15) is 0 Å². The van der Waals surface area contributed by atoms with Crippen LogP contribution in [0, 0.1) is 0 Å². The molecule has 2 atom stereocenters. The predicted octanol–water partition coefficient (Wildman–Crippen LogP) is 4.57. The number of imidazole rings is 1. The van der Waals surface area contributed by atoms with Crippen molar-refractivity contribution in [2.45, 2.75) is 64.6 Å². The molecule has 33 heavy (non-hydrogen) atoms. The fourth-order valence-electron chi connectivity index (χ4n) is 2.82. The number of rotatable bonds is 13. The molecular formula is C23H40N6O3Si. The van der Waals surface area contributed by atoms with E-state index in [1.165, 1.54) is 6.33 Å². The lowest BCUT2D eigenvalue weighted by Crippen LogP contribution is -2.44. The topological polar surface area (TPSA) is 86.9 Å². The van der Waals surface area contributed by atoms with Gasteiger partial charge in [-0.1, -0.05) is 33.8 Å². The van der Waals surface area contributed by atoms with Crippen molar-refractivity contribution in [1.29, 1.82) is 0 Å². The first-order valence-electron chi connectivity index (χ1n) is 11.4. The van der Waals surface area contributed by atoms with E-state index in [9.17, 15) is 0 Å². The van der Waals surface area contributed by atoms with Crippen molar-refractivity contribution in [3.8, 4) is 0 Å². The van der Waals surface area contributed by atoms with Gasteiger partial charge in [-0.3, -0.25) is 4.57 Å². The molecule has 0 unspecified atom stereocenters. The molecule has 0 radical (unpaired) electrons. The van der Waals surface area contributed by atoms with Crippen LogP contribution in [-0.4, -0.2) is 79.1 Å². The average molecular weight is 477 g/mol. The third kappa shape index (κ3) is 7.43. The van der Waals surface area contributed by atoms with Crippen molar-refractivity contribution in [2.24, 2.45) is 4.99 Å². The van der Waals surface area contributed by atoms with Gasteiger partial charge in [0.25, 0.3) is 0 Å². The summed E-state index contributed by atoms with van der Waals surface area (Å²) in [6.45, 7) is 18.3. The molecule has 0 fully saturated rings. The third-order valence-corrected chi connectivity index (χ3v) is 10.2. The van der Waals surface area contributed by atoms with Crippen LogP contribution in [0.2, 0.25) is 18.1 Å². The number of fused-ring (bicyclic) bond motifs is 1. The Hall–Kier alpha value is -2.14. The zero-order chi connectivity index (χ0) is 24.6. The van der Waals surface area contributed by atoms with Crippen molar-refractivity contribution < 1.29 is 13.9 Å². The maximum absolute atomic E-state index is 6.50. The van der Waals surface area contributed by atoms with Gasteiger partial charge in [0.1, 0.15) is 18.7 Å². The molecule has 0 saturated heterocycles. The summed E-state index contributed by atoms with van der Waals surface area (Å²) in [6, 6.07) is 0. The highest BCUT2D eigenvalue weighted by atomic mass is 28.4. The molecule has 2 heterocycles. The standard InChI is InChI=1S/C23H40N6O3Si/c1-10-12-30-13-18(14-31-33(8,9)23(3,4)5)32-19(11-2)29-17-26-20-21(27-16-28(6)7)24-15-25-22(20)29/h10,15-19H,1,11-14H2,2-9H3/b27-16+/t18-,19+/m0/s1. The lowest BCUT2D eigenvalue weighted by Gasteiger charge is -2.37. The number of aromatic nitrogens is 4. The predicted molar refractivity (Wildman–Crippen MR) is 136 cm³/mol. The maximum Gasteiger partial charge on any atom is 0.192 e. The third-order valence-electron chi connectivity index (χ3n) is 5.74. The molecule has 9 nitrogen and oxygen atoms in total. The van der Waals surface area contributed by atoms with Crippen molar-refractivity contribution in [3.05, 3.63) is 25.3 Å². The van der Waals surface area contributed by atoms with Gasteiger partial charge in [0.2, 0.25) is 0 Å². The molecule has 0 saturated carbocycles. The van der Waals surface area contributed by atoms with E-state index in [0.29, 0.717) is 36.8 Å². The fourth-order valence-corrected chi connectivity index (χ4v) is 3.86. The molecule has 0 bridgehead atoms. The SMILES string of the molecule is C=CCOC[C@@H](CO[Si](C)(C)C(C)(C)C)O[C@H](CC)n1cnc2c(/N=C/N(C)C)ncnc21. The minimum atomic E-state index is -1.93. The Morgan fingerprint density at radius 1 is 1.21 bits per heavy atom. The Morgan fingerprint density at radius 3 is 2.55 bits per heavy atom. The molecule has 0 N–H and O–H groups in total. The molecular weight excluding hydrogens is 436 g/mol. The molecule has 0 amide bonds. The zero-order valence-electron chi connectivity index (χ0n) is 21.4. The molecule has 2 aromatic heterocycles. The van der Waals surface area contributed by atoms with E-state index in [1.807, 2.05) is 23.6 Å². The van der Waals surface area contributed by atoms with Crippen LogP contribution in [0.25, 0.3) is 11.2 Å². The van der Waals surface area contributed by atoms with E-state index >= 15 is 0 Å². The fraction of sp³-hybridized carbons (Fsp3) is 0.652. The molecule has 0 aliphatic carbocycles. The van der Waals surface area contributed by atoms with Crippen molar-refractivity contribution in [1.82, 2.24) is 24.4 Å². The summed E-state index contributed by atoms with van der Waals surface area (Å²) in [5, 5.41) is 0.116. The minimum absolute atomic E-state index is 0.116. The van der Waals surface area contributed by atoms with Crippen LogP contribution in [0.15, 0.2) is 30.3 Å². The summed E-state index contributed by atoms with van der Waals surface area (Å²) in [5.74, 6) is 0.523. The molecule has 10 heteroatoms. The number of ether oxygens (including phenoxy) is 2. The highest BCUT2D eigenvalue weighted by Gasteiger charge is 2.38. The first kappa shape index (κ1) is 27.1. The van der Waals surface area contributed by atoms with Crippen LogP contribution in [0.5, 0.6) is 0 Å². The van der Waals surface area contributed by atoms with Gasteiger partial charge in [-0.15, -0.1) is 6.58 Å². The number of nitrogens with zero attached hydrogens (tertiary/aromatic N) is 6. The Bertz CT molecular complexity index is 923. The van der Waals surface area contributed by atoms with Gasteiger partial charge in [-0.25, -0.2) is 19.9 Å². The van der Waals surface area contributed by atoms with Gasteiger partial charge in [-0.05, 0) is 24.6 Å². The quantitative estimate of drug-likeness (QED) is 0.138. The van der Waals surface area contributed by atoms with Crippen LogP contribution in [0.3, 0.4) is 0 Å². The molecule has 0 aliphatic rings. The summed E-state index contributed by atoms with van der Waals surface area (Å²) in [6.07, 6.45) is 6.87. The summed E-state index contributed by atoms with van der Waals surface area (Å²) < 4.78 is 20.6. The average Bonchev–Trinajstić information content (AvgIpc) is 3.17. The monoisotopic (exact) mass is 476 g/mol. The van der Waals surface area contributed by atoms with Crippen LogP contribution < -0.4 is 0 Å². The highest BCUT2D eigenvalue weighted by molar-refractivity contribution is 6.74. The minimum Gasteiger partial charge on any atom is -0.414 e. The number of hydrogen-bond acceptors (Lipinski definition) is 7. The highest BCUT2D eigenvalue weighted by Crippen LogP contribution is 2.37. The first-order chi connectivity index (χ1) is 15.5. The maximum atomic E-state index is 6.50. The Labute approximate surface area is 199 Å². The van der Waals surface area contributed by atoms with E-state index in [1.54, 1.807) is 18.7 Å². The zero-order valence-corrected chi connectivity index (χ0v) is 22.4. The normalized spacial score (nSPS) is 14.7. The molecule has 0 aliphatic heterocycles. The summed E-state index contributed by atoms with van der Waals surface area (Å²) in [7, 11) is 1.88. The van der Waals surface area contributed by atoms with Crippen molar-refractivity contribution in [2.75, 3.05) is 33.9 Å². The Morgan fingerprint density at radius 2 is 1.94 bits per heavy atom. The van der Waals surface area contributed by atoms with Crippen LogP contribution in [0.4, 0.5) is 5.82 Å². The van der Waals surface area contributed by atoms with E-state index < -0.39 is 8.32 Å². The largest absolute Gasteiger partial charge is 0.414 e. The summed E-state index contributed by atoms with van der Waals surface area (Å²) in [4.78, 5) is 19.5. The van der Waals surface area contributed by atoms with Gasteiger partial charge in [0.05, 0.1) is 32.5 Å². The molecule has 0 spiro atoms. The van der Waals surface area contributed by atoms with Crippen LogP contribution in [-0.2, 0) is 13.9 Å².